The molecule has 76 valence electrons. The van der Waals surface area contributed by atoms with Gasteiger partial charge in [-0.05, 0) is 11.1 Å². The lowest BCUT2D eigenvalue weighted by Crippen LogP contribution is -1.81. The van der Waals surface area contributed by atoms with E-state index in [-0.39, 0.29) is 0 Å². The summed E-state index contributed by atoms with van der Waals surface area (Å²) in [5.74, 6) is 0. The summed E-state index contributed by atoms with van der Waals surface area (Å²) in [7, 11) is 0. The molecule has 0 unspecified atom stereocenters. The fourth-order valence-corrected chi connectivity index (χ4v) is 1.56. The quantitative estimate of drug-likeness (QED) is 0.543. The molecule has 0 aliphatic carbocycles. The van der Waals surface area contributed by atoms with Gasteiger partial charge < -0.3 is 0 Å². The van der Waals surface area contributed by atoms with Crippen LogP contribution in [0.5, 0.6) is 0 Å². The molecule has 2 heteroatoms. The molecule has 0 radical (unpaired) electrons. The number of carbonyl (C=O) groups excluding carboxylic acids is 1. The molecule has 2 rings (SSSR count). The first-order chi connectivity index (χ1) is 7.85. The Hall–Kier alpha value is -2.40. The summed E-state index contributed by atoms with van der Waals surface area (Å²) in [6, 6.07) is 14.7. The van der Waals surface area contributed by atoms with Crippen molar-refractivity contribution in [2.75, 3.05) is 0 Å². The molecular weight excluding hydrogens is 198 g/mol. The molecule has 0 N–H and O–H groups in total. The van der Waals surface area contributed by atoms with Crippen LogP contribution in [0.25, 0.3) is 16.0 Å². The number of rotatable bonds is 2. The molecule has 2 nitrogen and oxygen atoms in total. The van der Waals surface area contributed by atoms with Crippen molar-refractivity contribution in [1.82, 2.24) is 0 Å². The van der Waals surface area contributed by atoms with Crippen LogP contribution < -0.4 is 0 Å². The Morgan fingerprint density at radius 2 is 1.69 bits per heavy atom. The number of aldehydes is 1. The number of hydrogen-bond acceptors (Lipinski definition) is 1. The molecule has 0 bridgehead atoms. The van der Waals surface area contributed by atoms with E-state index in [0.717, 1.165) is 17.4 Å². The van der Waals surface area contributed by atoms with Gasteiger partial charge in [-0.2, -0.15) is 0 Å². The van der Waals surface area contributed by atoms with Gasteiger partial charge in [-0.3, -0.25) is 4.79 Å². The normalized spacial score (nSPS) is 9.44. The Labute approximate surface area is 94.0 Å². The highest BCUT2D eigenvalue weighted by Gasteiger charge is 2.03. The monoisotopic (exact) mass is 207 g/mol. The van der Waals surface area contributed by atoms with Gasteiger partial charge in [-0.25, -0.2) is 4.85 Å². The van der Waals surface area contributed by atoms with E-state index < -0.39 is 0 Å². The fourth-order valence-electron chi connectivity index (χ4n) is 1.56. The van der Waals surface area contributed by atoms with Crippen LogP contribution in [0.3, 0.4) is 0 Å². The molecule has 0 aliphatic rings. The van der Waals surface area contributed by atoms with Crippen molar-refractivity contribution in [2.24, 2.45) is 0 Å². The highest BCUT2D eigenvalue weighted by atomic mass is 16.1. The van der Waals surface area contributed by atoms with Crippen LogP contribution in [0.2, 0.25) is 0 Å². The van der Waals surface area contributed by atoms with Crippen LogP contribution in [-0.4, -0.2) is 6.29 Å². The molecule has 0 saturated carbocycles. The molecule has 2 aromatic rings. The summed E-state index contributed by atoms with van der Waals surface area (Å²) in [6.07, 6.45) is 0.810. The summed E-state index contributed by atoms with van der Waals surface area (Å²) < 4.78 is 0. The maximum Gasteiger partial charge on any atom is 0.194 e. The minimum atomic E-state index is 0.626. The lowest BCUT2D eigenvalue weighted by molar-refractivity contribution is 0.112. The van der Waals surface area contributed by atoms with Crippen LogP contribution in [0, 0.1) is 6.57 Å². The second-order valence-electron chi connectivity index (χ2n) is 3.37. The van der Waals surface area contributed by atoms with E-state index in [9.17, 15) is 4.79 Å². The van der Waals surface area contributed by atoms with Gasteiger partial charge in [-0.1, -0.05) is 48.5 Å². The van der Waals surface area contributed by atoms with E-state index in [1.54, 1.807) is 18.2 Å². The van der Waals surface area contributed by atoms with Gasteiger partial charge in [0.05, 0.1) is 6.57 Å². The molecule has 0 atom stereocenters. The Balaban J connectivity index is 2.51. The highest BCUT2D eigenvalue weighted by Crippen LogP contribution is 2.29. The number of hydrogen-bond donors (Lipinski definition) is 0. The van der Waals surface area contributed by atoms with Crippen molar-refractivity contribution >= 4 is 12.0 Å². The molecule has 0 saturated heterocycles. The molecule has 0 heterocycles. The predicted molar refractivity (Wildman–Crippen MR) is 63.5 cm³/mol. The molecule has 0 aromatic heterocycles. The summed E-state index contributed by atoms with van der Waals surface area (Å²) in [4.78, 5) is 14.0. The van der Waals surface area contributed by atoms with E-state index in [4.69, 9.17) is 6.57 Å². The van der Waals surface area contributed by atoms with Gasteiger partial charge in [0.25, 0.3) is 0 Å². The van der Waals surface area contributed by atoms with Crippen molar-refractivity contribution in [1.29, 1.82) is 0 Å². The zero-order valence-electron chi connectivity index (χ0n) is 8.55. The minimum absolute atomic E-state index is 0.626. The number of nitrogens with zero attached hydrogens (tertiary/aromatic N) is 1. The zero-order valence-corrected chi connectivity index (χ0v) is 8.55. The zero-order chi connectivity index (χ0) is 11.4. The Morgan fingerprint density at radius 3 is 2.31 bits per heavy atom. The first-order valence-electron chi connectivity index (χ1n) is 4.87. The fraction of sp³-hybridized carbons (Fsp3) is 0. The van der Waals surface area contributed by atoms with E-state index in [1.807, 2.05) is 30.3 Å². The van der Waals surface area contributed by atoms with Gasteiger partial charge in [0.15, 0.2) is 5.69 Å². The minimum Gasteiger partial charge on any atom is -0.298 e. The summed E-state index contributed by atoms with van der Waals surface area (Å²) >= 11 is 0. The summed E-state index contributed by atoms with van der Waals surface area (Å²) in [6.45, 7) is 7.08. The second-order valence-corrected chi connectivity index (χ2v) is 3.37. The average Bonchev–Trinajstić information content (AvgIpc) is 2.39. The third-order valence-corrected chi connectivity index (χ3v) is 2.38. The highest BCUT2D eigenvalue weighted by molar-refractivity contribution is 5.81. The first-order valence-corrected chi connectivity index (χ1v) is 4.87. The lowest BCUT2D eigenvalue weighted by atomic mass is 10.0. The van der Waals surface area contributed by atoms with E-state index in [0.29, 0.717) is 11.3 Å². The van der Waals surface area contributed by atoms with Crippen LogP contribution in [0.15, 0.2) is 48.5 Å². The summed E-state index contributed by atoms with van der Waals surface area (Å²) in [5, 5.41) is 0. The van der Waals surface area contributed by atoms with Crippen LogP contribution >= 0.6 is 0 Å². The van der Waals surface area contributed by atoms with Gasteiger partial charge in [0, 0.05) is 5.56 Å². The Bertz CT molecular complexity index is 550. The van der Waals surface area contributed by atoms with E-state index in [2.05, 4.69) is 4.85 Å². The van der Waals surface area contributed by atoms with E-state index >= 15 is 0 Å². The van der Waals surface area contributed by atoms with Gasteiger partial charge in [0.2, 0.25) is 0 Å². The SMILES string of the molecule is [C-]#[N+]c1ccccc1-c1ccc(C=O)cc1. The molecule has 0 amide bonds. The molecular formula is C14H9NO. The largest absolute Gasteiger partial charge is 0.298 e. The van der Waals surface area contributed by atoms with Crippen molar-refractivity contribution in [3.63, 3.8) is 0 Å². The Kier molecular flexibility index (Phi) is 2.79. The van der Waals surface area contributed by atoms with Crippen LogP contribution in [0.4, 0.5) is 5.69 Å². The van der Waals surface area contributed by atoms with Crippen molar-refractivity contribution < 1.29 is 4.79 Å². The molecule has 2 aromatic carbocycles. The third-order valence-electron chi connectivity index (χ3n) is 2.38. The van der Waals surface area contributed by atoms with E-state index in [1.165, 1.54) is 0 Å². The lowest BCUT2D eigenvalue weighted by Gasteiger charge is -2.03. The van der Waals surface area contributed by atoms with Crippen molar-refractivity contribution in [2.45, 2.75) is 0 Å². The maximum absolute atomic E-state index is 10.5. The maximum atomic E-state index is 10.5. The number of benzene rings is 2. The molecule has 0 aliphatic heterocycles. The van der Waals surface area contributed by atoms with Gasteiger partial charge in [0.1, 0.15) is 6.29 Å². The van der Waals surface area contributed by atoms with Crippen LogP contribution in [0.1, 0.15) is 10.4 Å². The smallest absolute Gasteiger partial charge is 0.194 e. The topological polar surface area (TPSA) is 21.4 Å². The van der Waals surface area contributed by atoms with Gasteiger partial charge in [-0.15, -0.1) is 0 Å². The third kappa shape index (κ3) is 1.84. The molecule has 16 heavy (non-hydrogen) atoms. The number of carbonyl (C=O) groups is 1. The van der Waals surface area contributed by atoms with Crippen molar-refractivity contribution in [3.8, 4) is 11.1 Å². The molecule has 0 fully saturated rings. The summed E-state index contributed by atoms with van der Waals surface area (Å²) in [5.41, 5.74) is 3.12. The van der Waals surface area contributed by atoms with Crippen molar-refractivity contribution in [3.05, 3.63) is 65.5 Å². The number of para-hydroxylation sites is 1. The van der Waals surface area contributed by atoms with Gasteiger partial charge >= 0.3 is 0 Å². The standard InChI is InChI=1S/C14H9NO/c1-15-14-5-3-2-4-13(14)12-8-6-11(10-16)7-9-12/h2-10H. The predicted octanol–water partition coefficient (Wildman–Crippen LogP) is 3.72. The van der Waals surface area contributed by atoms with Crippen LogP contribution in [-0.2, 0) is 0 Å². The first kappa shape index (κ1) is 10.1. The second kappa shape index (κ2) is 4.41. The molecule has 0 spiro atoms. The Morgan fingerprint density at radius 1 is 1.00 bits per heavy atom. The average molecular weight is 207 g/mol.